The van der Waals surface area contributed by atoms with Crippen LogP contribution < -0.4 is 5.73 Å². The standard InChI is InChI=1S/C10H20N2O/c1-2-3-4-10(13)12-7-5-9(11)6-8-12/h9H,2-8,11H2,1H3. The monoisotopic (exact) mass is 184 g/mol. The van der Waals surface area contributed by atoms with Gasteiger partial charge >= 0.3 is 0 Å². The smallest absolute Gasteiger partial charge is 0.222 e. The summed E-state index contributed by atoms with van der Waals surface area (Å²) >= 11 is 0. The van der Waals surface area contributed by atoms with Crippen LogP contribution in [0.4, 0.5) is 0 Å². The van der Waals surface area contributed by atoms with Crippen LogP contribution in [0.3, 0.4) is 0 Å². The fraction of sp³-hybridized carbons (Fsp3) is 0.900. The van der Waals surface area contributed by atoms with E-state index in [0.717, 1.165) is 38.8 Å². The molecule has 2 N–H and O–H groups in total. The van der Waals surface area contributed by atoms with E-state index < -0.39 is 0 Å². The molecule has 3 nitrogen and oxygen atoms in total. The van der Waals surface area contributed by atoms with Crippen LogP contribution in [0, 0.1) is 0 Å². The minimum atomic E-state index is 0.314. The Morgan fingerprint density at radius 1 is 1.46 bits per heavy atom. The third kappa shape index (κ3) is 3.35. The summed E-state index contributed by atoms with van der Waals surface area (Å²) in [5.74, 6) is 0.314. The van der Waals surface area contributed by atoms with Gasteiger partial charge in [0.25, 0.3) is 0 Å². The van der Waals surface area contributed by atoms with Gasteiger partial charge in [0.2, 0.25) is 5.91 Å². The number of nitrogens with zero attached hydrogens (tertiary/aromatic N) is 1. The van der Waals surface area contributed by atoms with Gasteiger partial charge in [-0.05, 0) is 19.3 Å². The van der Waals surface area contributed by atoms with Crippen molar-refractivity contribution in [2.24, 2.45) is 5.73 Å². The average molecular weight is 184 g/mol. The highest BCUT2D eigenvalue weighted by molar-refractivity contribution is 5.76. The van der Waals surface area contributed by atoms with Gasteiger partial charge in [-0.2, -0.15) is 0 Å². The highest BCUT2D eigenvalue weighted by Gasteiger charge is 2.19. The minimum absolute atomic E-state index is 0.314. The molecule has 0 unspecified atom stereocenters. The summed E-state index contributed by atoms with van der Waals surface area (Å²) in [5.41, 5.74) is 5.76. The van der Waals surface area contributed by atoms with Gasteiger partial charge in [-0.25, -0.2) is 0 Å². The van der Waals surface area contributed by atoms with Crippen molar-refractivity contribution in [1.82, 2.24) is 4.90 Å². The SMILES string of the molecule is CCCCC(=O)N1CCC(N)CC1. The van der Waals surface area contributed by atoms with Gasteiger partial charge in [0.1, 0.15) is 0 Å². The second-order valence-electron chi connectivity index (χ2n) is 3.82. The topological polar surface area (TPSA) is 46.3 Å². The molecule has 0 atom stereocenters. The third-order valence-electron chi connectivity index (χ3n) is 2.64. The van der Waals surface area contributed by atoms with Crippen molar-refractivity contribution in [3.63, 3.8) is 0 Å². The second-order valence-corrected chi connectivity index (χ2v) is 3.82. The Morgan fingerprint density at radius 2 is 2.08 bits per heavy atom. The van der Waals surface area contributed by atoms with E-state index in [1.54, 1.807) is 0 Å². The summed E-state index contributed by atoms with van der Waals surface area (Å²) in [5, 5.41) is 0. The molecule has 1 rings (SSSR count). The van der Waals surface area contributed by atoms with E-state index in [0.29, 0.717) is 18.4 Å². The normalized spacial score (nSPS) is 19.1. The Balaban J connectivity index is 2.23. The molecule has 1 heterocycles. The number of amides is 1. The van der Waals surface area contributed by atoms with E-state index in [4.69, 9.17) is 5.73 Å². The first kappa shape index (κ1) is 10.5. The molecule has 76 valence electrons. The number of carbonyl (C=O) groups excluding carboxylic acids is 1. The van der Waals surface area contributed by atoms with Crippen LogP contribution in [0.1, 0.15) is 39.0 Å². The molecule has 0 aromatic carbocycles. The molecule has 1 aliphatic rings. The number of likely N-dealkylation sites (tertiary alicyclic amines) is 1. The maximum Gasteiger partial charge on any atom is 0.222 e. The molecule has 0 aromatic rings. The van der Waals surface area contributed by atoms with Gasteiger partial charge in [-0.3, -0.25) is 4.79 Å². The zero-order valence-corrected chi connectivity index (χ0v) is 8.46. The van der Waals surface area contributed by atoms with Crippen molar-refractivity contribution in [3.05, 3.63) is 0 Å². The molecule has 0 aromatic heterocycles. The fourth-order valence-electron chi connectivity index (χ4n) is 1.63. The summed E-state index contributed by atoms with van der Waals surface area (Å²) in [6, 6.07) is 0.315. The van der Waals surface area contributed by atoms with Crippen molar-refractivity contribution >= 4 is 5.91 Å². The number of hydrogen-bond acceptors (Lipinski definition) is 2. The van der Waals surface area contributed by atoms with E-state index in [1.165, 1.54) is 0 Å². The van der Waals surface area contributed by atoms with Crippen LogP contribution in [-0.4, -0.2) is 29.9 Å². The van der Waals surface area contributed by atoms with Crippen LogP contribution in [-0.2, 0) is 4.79 Å². The molecule has 13 heavy (non-hydrogen) atoms. The summed E-state index contributed by atoms with van der Waals surface area (Å²) in [6.45, 7) is 3.84. The Hall–Kier alpha value is -0.570. The Morgan fingerprint density at radius 3 is 2.62 bits per heavy atom. The highest BCUT2D eigenvalue weighted by atomic mass is 16.2. The van der Waals surface area contributed by atoms with Crippen LogP contribution in [0.2, 0.25) is 0 Å². The lowest BCUT2D eigenvalue weighted by Gasteiger charge is -2.30. The molecule has 1 saturated heterocycles. The molecule has 1 aliphatic heterocycles. The van der Waals surface area contributed by atoms with Crippen molar-refractivity contribution in [2.45, 2.75) is 45.1 Å². The largest absolute Gasteiger partial charge is 0.343 e. The summed E-state index contributed by atoms with van der Waals surface area (Å²) in [7, 11) is 0. The first-order valence-corrected chi connectivity index (χ1v) is 5.27. The number of unbranched alkanes of at least 4 members (excludes halogenated alkanes) is 1. The summed E-state index contributed by atoms with van der Waals surface area (Å²) in [6.07, 6.45) is 4.77. The lowest BCUT2D eigenvalue weighted by atomic mass is 10.1. The zero-order chi connectivity index (χ0) is 9.68. The van der Waals surface area contributed by atoms with Crippen LogP contribution >= 0.6 is 0 Å². The van der Waals surface area contributed by atoms with Gasteiger partial charge in [-0.1, -0.05) is 13.3 Å². The van der Waals surface area contributed by atoms with Crippen LogP contribution in [0.5, 0.6) is 0 Å². The Labute approximate surface area is 80.3 Å². The maximum absolute atomic E-state index is 11.5. The van der Waals surface area contributed by atoms with E-state index >= 15 is 0 Å². The number of rotatable bonds is 3. The third-order valence-corrected chi connectivity index (χ3v) is 2.64. The molecule has 0 bridgehead atoms. The predicted molar refractivity (Wildman–Crippen MR) is 53.3 cm³/mol. The number of hydrogen-bond donors (Lipinski definition) is 1. The highest BCUT2D eigenvalue weighted by Crippen LogP contribution is 2.10. The molecule has 0 aliphatic carbocycles. The number of nitrogens with two attached hydrogens (primary N) is 1. The number of carbonyl (C=O) groups is 1. The van der Waals surface area contributed by atoms with Crippen molar-refractivity contribution < 1.29 is 4.79 Å². The maximum atomic E-state index is 11.5. The molecular formula is C10H20N2O. The van der Waals surface area contributed by atoms with E-state index in [-0.39, 0.29) is 0 Å². The van der Waals surface area contributed by atoms with Crippen LogP contribution in [0.25, 0.3) is 0 Å². The van der Waals surface area contributed by atoms with Crippen molar-refractivity contribution in [1.29, 1.82) is 0 Å². The average Bonchev–Trinajstić information content (AvgIpc) is 2.15. The van der Waals surface area contributed by atoms with Gasteiger partial charge < -0.3 is 10.6 Å². The van der Waals surface area contributed by atoms with Gasteiger partial charge in [-0.15, -0.1) is 0 Å². The van der Waals surface area contributed by atoms with Crippen molar-refractivity contribution in [2.75, 3.05) is 13.1 Å². The first-order valence-electron chi connectivity index (χ1n) is 5.27. The molecular weight excluding hydrogens is 164 g/mol. The second kappa shape index (κ2) is 5.22. The molecule has 1 amide bonds. The van der Waals surface area contributed by atoms with Gasteiger partial charge in [0.15, 0.2) is 0 Å². The zero-order valence-electron chi connectivity index (χ0n) is 8.46. The fourth-order valence-corrected chi connectivity index (χ4v) is 1.63. The van der Waals surface area contributed by atoms with Gasteiger partial charge in [0, 0.05) is 25.6 Å². The summed E-state index contributed by atoms with van der Waals surface area (Å²) < 4.78 is 0. The predicted octanol–water partition coefficient (Wildman–Crippen LogP) is 1.13. The minimum Gasteiger partial charge on any atom is -0.343 e. The molecule has 1 fully saturated rings. The van der Waals surface area contributed by atoms with Crippen molar-refractivity contribution in [3.8, 4) is 0 Å². The van der Waals surface area contributed by atoms with E-state index in [1.807, 2.05) is 4.90 Å². The van der Waals surface area contributed by atoms with E-state index in [2.05, 4.69) is 6.92 Å². The lowest BCUT2D eigenvalue weighted by Crippen LogP contribution is -2.42. The molecule has 0 saturated carbocycles. The molecule has 0 radical (unpaired) electrons. The molecule has 0 spiro atoms. The lowest BCUT2D eigenvalue weighted by molar-refractivity contribution is -0.132. The molecule has 3 heteroatoms. The van der Waals surface area contributed by atoms with Gasteiger partial charge in [0.05, 0.1) is 0 Å². The number of piperidine rings is 1. The Kier molecular flexibility index (Phi) is 4.22. The van der Waals surface area contributed by atoms with Crippen LogP contribution in [0.15, 0.2) is 0 Å². The Bertz CT molecular complexity index is 162. The van der Waals surface area contributed by atoms with E-state index in [9.17, 15) is 4.79 Å². The summed E-state index contributed by atoms with van der Waals surface area (Å²) in [4.78, 5) is 13.5. The quantitative estimate of drug-likeness (QED) is 0.714. The first-order chi connectivity index (χ1) is 6.24.